The highest BCUT2D eigenvalue weighted by molar-refractivity contribution is 5.74. The van der Waals surface area contributed by atoms with Crippen LogP contribution in [0.25, 0.3) is 16.8 Å². The lowest BCUT2D eigenvalue weighted by molar-refractivity contribution is 0.110. The summed E-state index contributed by atoms with van der Waals surface area (Å²) in [4.78, 5) is 20.9. The highest BCUT2D eigenvalue weighted by atomic mass is 16.6. The number of nitrogens with zero attached hydrogens (tertiary/aromatic N) is 6. The Hall–Kier alpha value is -4.18. The van der Waals surface area contributed by atoms with E-state index in [1.54, 1.807) is 49.4 Å². The zero-order valence-electron chi connectivity index (χ0n) is 19.3. The first-order valence-electron chi connectivity index (χ1n) is 10.7. The van der Waals surface area contributed by atoms with Crippen LogP contribution in [0, 0.1) is 6.92 Å². The van der Waals surface area contributed by atoms with Gasteiger partial charge in [0.2, 0.25) is 0 Å². The lowest BCUT2D eigenvalue weighted by Crippen LogP contribution is -2.30. The van der Waals surface area contributed by atoms with Crippen LogP contribution in [0.3, 0.4) is 0 Å². The third-order valence-electron chi connectivity index (χ3n) is 5.30. The van der Waals surface area contributed by atoms with E-state index in [1.807, 2.05) is 44.2 Å². The maximum absolute atomic E-state index is 12.7. The van der Waals surface area contributed by atoms with E-state index < -0.39 is 6.09 Å². The number of methoxy groups -OCH3 is 1. The number of rotatable bonds is 7. The zero-order valence-corrected chi connectivity index (χ0v) is 19.3. The molecule has 0 aliphatic heterocycles. The number of aryl methyl sites for hydroxylation is 1. The number of aromatic nitrogens is 6. The summed E-state index contributed by atoms with van der Waals surface area (Å²) in [6, 6.07) is 13.1. The van der Waals surface area contributed by atoms with Gasteiger partial charge in [-0.3, -0.25) is 9.97 Å². The van der Waals surface area contributed by atoms with Gasteiger partial charge < -0.3 is 14.8 Å². The van der Waals surface area contributed by atoms with Crippen molar-refractivity contribution in [3.05, 3.63) is 78.1 Å². The standard InChI is InChI=1S/C24H25N7O3/c1-15-5-7-18(8-6-15)19-11-20(31-23(17(3)33-4)28-29-30-31)13-21(12-19)34-24(32)27-16(2)22-14-25-9-10-26-22/h5-14,16-17H,1-4H3,(H,27,32)/t16?,17-/m0/s1. The molecule has 34 heavy (non-hydrogen) atoms. The van der Waals surface area contributed by atoms with Gasteiger partial charge in [0.05, 0.1) is 23.6 Å². The van der Waals surface area contributed by atoms with E-state index in [0.717, 1.165) is 16.7 Å². The van der Waals surface area contributed by atoms with E-state index in [9.17, 15) is 4.79 Å². The number of amides is 1. The molecule has 0 saturated heterocycles. The van der Waals surface area contributed by atoms with E-state index in [2.05, 4.69) is 30.8 Å². The van der Waals surface area contributed by atoms with Gasteiger partial charge in [-0.15, -0.1) is 5.10 Å². The van der Waals surface area contributed by atoms with Crippen molar-refractivity contribution < 1.29 is 14.3 Å². The molecular weight excluding hydrogens is 434 g/mol. The molecule has 0 spiro atoms. The van der Waals surface area contributed by atoms with Crippen molar-refractivity contribution in [2.45, 2.75) is 32.9 Å². The lowest BCUT2D eigenvalue weighted by atomic mass is 10.0. The second-order valence-corrected chi connectivity index (χ2v) is 7.79. The SMILES string of the molecule is CO[C@@H](C)c1nnnn1-c1cc(OC(=O)NC(C)c2cnccn2)cc(-c2ccc(C)cc2)c1. The fourth-order valence-electron chi connectivity index (χ4n) is 3.34. The van der Waals surface area contributed by atoms with E-state index in [4.69, 9.17) is 9.47 Å². The summed E-state index contributed by atoms with van der Waals surface area (Å²) < 4.78 is 12.6. The fraction of sp³-hybridized carbons (Fsp3) is 0.250. The molecule has 0 aliphatic carbocycles. The van der Waals surface area contributed by atoms with Crippen LogP contribution in [0.4, 0.5) is 4.79 Å². The number of hydrogen-bond acceptors (Lipinski definition) is 8. The highest BCUT2D eigenvalue weighted by Gasteiger charge is 2.18. The highest BCUT2D eigenvalue weighted by Crippen LogP contribution is 2.29. The van der Waals surface area contributed by atoms with Crippen LogP contribution in [-0.2, 0) is 4.74 Å². The van der Waals surface area contributed by atoms with Crippen molar-refractivity contribution in [2.75, 3.05) is 7.11 Å². The molecule has 2 atom stereocenters. The second kappa shape index (κ2) is 10.2. The van der Waals surface area contributed by atoms with Crippen LogP contribution < -0.4 is 10.1 Å². The number of benzene rings is 2. The van der Waals surface area contributed by atoms with Gasteiger partial charge in [0.25, 0.3) is 0 Å². The van der Waals surface area contributed by atoms with E-state index in [1.165, 1.54) is 0 Å². The minimum Gasteiger partial charge on any atom is -0.410 e. The summed E-state index contributed by atoms with van der Waals surface area (Å²) in [5.74, 6) is 0.860. The van der Waals surface area contributed by atoms with Crippen molar-refractivity contribution in [3.8, 4) is 22.6 Å². The van der Waals surface area contributed by atoms with Crippen molar-refractivity contribution in [2.24, 2.45) is 0 Å². The maximum atomic E-state index is 12.7. The molecule has 1 amide bonds. The number of carbonyl (C=O) groups is 1. The molecule has 0 bridgehead atoms. The largest absolute Gasteiger partial charge is 0.413 e. The van der Waals surface area contributed by atoms with Crippen LogP contribution in [0.2, 0.25) is 0 Å². The monoisotopic (exact) mass is 459 g/mol. The summed E-state index contributed by atoms with van der Waals surface area (Å²) >= 11 is 0. The summed E-state index contributed by atoms with van der Waals surface area (Å²) in [7, 11) is 1.59. The fourth-order valence-corrected chi connectivity index (χ4v) is 3.34. The number of nitrogens with one attached hydrogen (secondary N) is 1. The smallest absolute Gasteiger partial charge is 0.410 e. The van der Waals surface area contributed by atoms with E-state index in [-0.39, 0.29) is 12.1 Å². The normalized spacial score (nSPS) is 12.7. The van der Waals surface area contributed by atoms with Crippen LogP contribution in [0.1, 0.15) is 43.1 Å². The van der Waals surface area contributed by atoms with Gasteiger partial charge in [-0.2, -0.15) is 4.68 Å². The molecule has 10 nitrogen and oxygen atoms in total. The molecule has 10 heteroatoms. The Morgan fingerprint density at radius 2 is 1.85 bits per heavy atom. The number of ether oxygens (including phenoxy) is 2. The molecule has 0 radical (unpaired) electrons. The first-order chi connectivity index (χ1) is 16.4. The molecule has 2 heterocycles. The van der Waals surface area contributed by atoms with Gasteiger partial charge in [0.15, 0.2) is 5.82 Å². The van der Waals surface area contributed by atoms with Gasteiger partial charge >= 0.3 is 6.09 Å². The first kappa shape index (κ1) is 23.0. The van der Waals surface area contributed by atoms with E-state index in [0.29, 0.717) is 23.0 Å². The molecule has 1 N–H and O–H groups in total. The summed E-state index contributed by atoms with van der Waals surface area (Å²) in [6.45, 7) is 5.68. The Balaban J connectivity index is 1.67. The Labute approximate surface area is 197 Å². The Morgan fingerprint density at radius 1 is 1.06 bits per heavy atom. The summed E-state index contributed by atoms with van der Waals surface area (Å²) in [6.07, 6.45) is 3.79. The van der Waals surface area contributed by atoms with E-state index >= 15 is 0 Å². The molecule has 1 unspecified atom stereocenters. The minimum atomic E-state index is -0.618. The number of carbonyl (C=O) groups excluding carboxylic acids is 1. The maximum Gasteiger partial charge on any atom is 0.413 e. The van der Waals surface area contributed by atoms with Crippen LogP contribution in [-0.4, -0.2) is 43.4 Å². The van der Waals surface area contributed by atoms with Crippen LogP contribution in [0.15, 0.2) is 61.1 Å². The predicted molar refractivity (Wildman–Crippen MR) is 124 cm³/mol. The van der Waals surface area contributed by atoms with Crippen LogP contribution >= 0.6 is 0 Å². The minimum absolute atomic E-state index is 0.335. The van der Waals surface area contributed by atoms with Gasteiger partial charge in [0.1, 0.15) is 11.9 Å². The Morgan fingerprint density at radius 3 is 2.56 bits per heavy atom. The molecule has 0 fully saturated rings. The Kier molecular flexibility index (Phi) is 6.88. The van der Waals surface area contributed by atoms with Crippen molar-refractivity contribution in [1.82, 2.24) is 35.5 Å². The van der Waals surface area contributed by atoms with Crippen molar-refractivity contribution in [3.63, 3.8) is 0 Å². The quantitative estimate of drug-likeness (QED) is 0.441. The molecule has 4 rings (SSSR count). The third kappa shape index (κ3) is 5.24. The summed E-state index contributed by atoms with van der Waals surface area (Å²) in [5.41, 5.74) is 4.20. The van der Waals surface area contributed by atoms with Crippen molar-refractivity contribution in [1.29, 1.82) is 0 Å². The third-order valence-corrected chi connectivity index (χ3v) is 5.30. The molecule has 0 aliphatic rings. The first-order valence-corrected chi connectivity index (χ1v) is 10.7. The molecule has 4 aromatic rings. The molecular formula is C24H25N7O3. The van der Waals surface area contributed by atoms with Gasteiger partial charge in [-0.05, 0) is 54.5 Å². The van der Waals surface area contributed by atoms with Crippen LogP contribution in [0.5, 0.6) is 5.75 Å². The van der Waals surface area contributed by atoms with Crippen molar-refractivity contribution >= 4 is 6.09 Å². The lowest BCUT2D eigenvalue weighted by Gasteiger charge is -2.15. The number of tetrazole rings is 1. The predicted octanol–water partition coefficient (Wildman–Crippen LogP) is 3.98. The topological polar surface area (TPSA) is 117 Å². The zero-order chi connectivity index (χ0) is 24.1. The Bertz CT molecular complexity index is 1260. The summed E-state index contributed by atoms with van der Waals surface area (Å²) in [5, 5.41) is 14.8. The second-order valence-electron chi connectivity index (χ2n) is 7.79. The number of hydrogen-bond donors (Lipinski definition) is 1. The average molecular weight is 460 g/mol. The molecule has 174 valence electrons. The molecule has 2 aromatic heterocycles. The van der Waals surface area contributed by atoms with Gasteiger partial charge in [-0.25, -0.2) is 4.79 Å². The molecule has 2 aromatic carbocycles. The average Bonchev–Trinajstić information content (AvgIpc) is 3.34. The van der Waals surface area contributed by atoms with Gasteiger partial charge in [0, 0.05) is 25.6 Å². The molecule has 0 saturated carbocycles. The van der Waals surface area contributed by atoms with Gasteiger partial charge in [-0.1, -0.05) is 29.8 Å².